The molecule has 0 N–H and O–H groups in total. The van der Waals surface area contributed by atoms with E-state index in [4.69, 9.17) is 0 Å². The van der Waals surface area contributed by atoms with E-state index in [9.17, 15) is 0 Å². The minimum atomic E-state index is 0.357. The second kappa shape index (κ2) is 6.00. The zero-order chi connectivity index (χ0) is 15.7. The van der Waals surface area contributed by atoms with Crippen molar-refractivity contribution in [3.63, 3.8) is 0 Å². The van der Waals surface area contributed by atoms with Gasteiger partial charge in [0.25, 0.3) is 5.82 Å². The highest BCUT2D eigenvalue weighted by atomic mass is 15.2. The molecule has 1 aromatic heterocycles. The lowest BCUT2D eigenvalue weighted by atomic mass is 9.60. The van der Waals surface area contributed by atoms with Gasteiger partial charge in [0.2, 0.25) is 0 Å². The van der Waals surface area contributed by atoms with Crippen LogP contribution in [-0.2, 0) is 13.5 Å². The maximum atomic E-state index is 2.43. The van der Waals surface area contributed by atoms with Gasteiger partial charge < -0.3 is 0 Å². The molecule has 0 atom stereocenters. The van der Waals surface area contributed by atoms with Crippen LogP contribution in [-0.4, -0.2) is 6.85 Å². The van der Waals surface area contributed by atoms with E-state index in [-0.39, 0.29) is 0 Å². The van der Waals surface area contributed by atoms with E-state index in [0.717, 1.165) is 6.42 Å². The fourth-order valence-electron chi connectivity index (χ4n) is 3.17. The summed E-state index contributed by atoms with van der Waals surface area (Å²) in [6, 6.07) is 13.2. The molecule has 0 unspecified atom stereocenters. The monoisotopic (exact) mass is 291 g/mol. The second-order valence-corrected chi connectivity index (χ2v) is 6.63. The molecule has 1 aliphatic rings. The summed E-state index contributed by atoms with van der Waals surface area (Å²) in [5.74, 6) is 4.20. The molecule has 0 spiro atoms. The molecule has 0 saturated heterocycles. The third-order valence-corrected chi connectivity index (χ3v) is 4.24. The summed E-state index contributed by atoms with van der Waals surface area (Å²) in [5.41, 5.74) is 3.98. The molecule has 0 fully saturated rings. The Balaban J connectivity index is 2.08. The number of fused-ring (bicyclic) bond motifs is 1. The number of pyridine rings is 1. The molecule has 0 aliphatic carbocycles. The molecular weight excluding hydrogens is 267 g/mol. The second-order valence-electron chi connectivity index (χ2n) is 6.63. The predicted molar refractivity (Wildman–Crippen MR) is 95.4 cm³/mol. The Hall–Kier alpha value is -2.03. The lowest BCUT2D eigenvalue weighted by Gasteiger charge is -2.26. The fourth-order valence-corrected chi connectivity index (χ4v) is 3.17. The Kier molecular flexibility index (Phi) is 4.06. The maximum Gasteiger partial charge on any atom is 0.402 e. The molecule has 22 heavy (non-hydrogen) atoms. The van der Waals surface area contributed by atoms with Crippen LogP contribution in [0.15, 0.2) is 48.6 Å². The Morgan fingerprint density at radius 2 is 1.95 bits per heavy atom. The van der Waals surface area contributed by atoms with Crippen molar-refractivity contribution in [2.24, 2.45) is 13.0 Å². The lowest BCUT2D eigenvalue weighted by Crippen LogP contribution is -2.43. The summed E-state index contributed by atoms with van der Waals surface area (Å²) < 4.78 is 2.22. The van der Waals surface area contributed by atoms with Crippen molar-refractivity contribution in [1.82, 2.24) is 0 Å². The Labute approximate surface area is 134 Å². The van der Waals surface area contributed by atoms with E-state index in [2.05, 4.69) is 91.7 Å². The summed E-state index contributed by atoms with van der Waals surface area (Å²) in [5, 5.41) is 0. The van der Waals surface area contributed by atoms with Gasteiger partial charge in [0, 0.05) is 11.6 Å². The van der Waals surface area contributed by atoms with Gasteiger partial charge in [-0.25, -0.2) is 4.57 Å². The quantitative estimate of drug-likeness (QED) is 0.611. The summed E-state index contributed by atoms with van der Waals surface area (Å²) in [4.78, 5) is 2.43. The van der Waals surface area contributed by atoms with Gasteiger partial charge in [0.15, 0.2) is 0 Å². The zero-order valence-corrected chi connectivity index (χ0v) is 14.0. The van der Waals surface area contributed by atoms with Crippen molar-refractivity contribution in [2.45, 2.75) is 27.1 Å². The van der Waals surface area contributed by atoms with Crippen LogP contribution >= 0.6 is 0 Å². The number of anilines is 2. The molecule has 3 heteroatoms. The van der Waals surface area contributed by atoms with Crippen molar-refractivity contribution in [3.05, 3.63) is 59.7 Å². The van der Waals surface area contributed by atoms with Gasteiger partial charge in [-0.15, -0.1) is 0 Å². The van der Waals surface area contributed by atoms with Gasteiger partial charge in [0.05, 0.1) is 13.2 Å². The van der Waals surface area contributed by atoms with E-state index in [1.807, 2.05) is 0 Å². The number of benzene rings is 1. The molecule has 1 aromatic carbocycles. The summed E-state index contributed by atoms with van der Waals surface area (Å²) in [6.45, 7) is 7.15. The Bertz CT molecular complexity index is 706. The Morgan fingerprint density at radius 1 is 1.18 bits per heavy atom. The van der Waals surface area contributed by atoms with E-state index in [1.165, 1.54) is 22.6 Å². The maximum absolute atomic E-state index is 2.43. The minimum absolute atomic E-state index is 0.357. The third kappa shape index (κ3) is 2.80. The highest BCUT2D eigenvalue weighted by Crippen LogP contribution is 2.32. The van der Waals surface area contributed by atoms with E-state index < -0.39 is 0 Å². The Morgan fingerprint density at radius 3 is 2.73 bits per heavy atom. The van der Waals surface area contributed by atoms with Crippen LogP contribution in [0.4, 0.5) is 11.5 Å². The zero-order valence-electron chi connectivity index (χ0n) is 14.0. The van der Waals surface area contributed by atoms with Crippen LogP contribution in [0.5, 0.6) is 0 Å². The van der Waals surface area contributed by atoms with Crippen LogP contribution in [0, 0.1) is 5.92 Å². The van der Waals surface area contributed by atoms with Gasteiger partial charge in [0.1, 0.15) is 5.69 Å². The molecule has 3 rings (SSSR count). The van der Waals surface area contributed by atoms with E-state index in [0.29, 0.717) is 12.8 Å². The standard InChI is InChI=1S/C19H24BN2/c1-15(2)13-16-10-12-21(4)19(14-16)22-18-8-6-5-7-17(18)9-11-20(22)3/h5-12,14-15H,13H2,1-4H3/q+1. The normalized spacial score (nSPS) is 13.7. The van der Waals surface area contributed by atoms with E-state index >= 15 is 0 Å². The number of para-hydroxylation sites is 1. The molecule has 1 aliphatic heterocycles. The summed E-state index contributed by atoms with van der Waals surface area (Å²) in [6.07, 6.45) is 5.53. The third-order valence-electron chi connectivity index (χ3n) is 4.24. The van der Waals surface area contributed by atoms with Crippen LogP contribution in [0.3, 0.4) is 0 Å². The van der Waals surface area contributed by atoms with Gasteiger partial charge in [-0.1, -0.05) is 44.1 Å². The average Bonchev–Trinajstić information content (AvgIpc) is 2.49. The molecule has 2 heterocycles. The first-order valence-corrected chi connectivity index (χ1v) is 8.11. The molecule has 0 bridgehead atoms. The highest BCUT2D eigenvalue weighted by Gasteiger charge is 2.32. The van der Waals surface area contributed by atoms with Crippen LogP contribution < -0.4 is 9.38 Å². The number of rotatable bonds is 3. The fraction of sp³-hybridized carbons (Fsp3) is 0.316. The van der Waals surface area contributed by atoms with Crippen molar-refractivity contribution < 1.29 is 4.57 Å². The van der Waals surface area contributed by atoms with Gasteiger partial charge in [-0.2, -0.15) is 0 Å². The van der Waals surface area contributed by atoms with Crippen LogP contribution in [0.25, 0.3) is 6.08 Å². The van der Waals surface area contributed by atoms with Crippen molar-refractivity contribution in [1.29, 1.82) is 0 Å². The SMILES string of the molecule is CB1C=Cc2ccccc2N1c1cc(CC(C)C)cc[n+]1C. The smallest absolute Gasteiger partial charge is 0.287 e. The molecule has 0 saturated carbocycles. The number of hydrogen-bond donors (Lipinski definition) is 0. The van der Waals surface area contributed by atoms with Gasteiger partial charge in [-0.05, 0) is 36.9 Å². The summed E-state index contributed by atoms with van der Waals surface area (Å²) in [7, 11) is 2.13. The number of nitrogens with zero attached hydrogens (tertiary/aromatic N) is 2. The van der Waals surface area contributed by atoms with Crippen molar-refractivity contribution in [2.75, 3.05) is 4.81 Å². The molecule has 0 radical (unpaired) electrons. The molecule has 2 aromatic rings. The number of aromatic nitrogens is 1. The van der Waals surface area contributed by atoms with E-state index in [1.54, 1.807) is 0 Å². The molecule has 112 valence electrons. The molecule has 2 nitrogen and oxygen atoms in total. The van der Waals surface area contributed by atoms with Crippen LogP contribution in [0.2, 0.25) is 6.82 Å². The first kappa shape index (κ1) is 14.9. The van der Waals surface area contributed by atoms with Crippen molar-refractivity contribution >= 4 is 24.4 Å². The first-order chi connectivity index (χ1) is 10.6. The molecular formula is C19H24BN2+. The predicted octanol–water partition coefficient (Wildman–Crippen LogP) is 4.04. The number of aryl methyl sites for hydroxylation is 1. The van der Waals surface area contributed by atoms with Gasteiger partial charge in [-0.3, -0.25) is 4.81 Å². The van der Waals surface area contributed by atoms with Crippen LogP contribution in [0.1, 0.15) is 25.0 Å². The van der Waals surface area contributed by atoms with Crippen molar-refractivity contribution in [3.8, 4) is 0 Å². The minimum Gasteiger partial charge on any atom is -0.287 e. The topological polar surface area (TPSA) is 7.12 Å². The summed E-state index contributed by atoms with van der Waals surface area (Å²) >= 11 is 0. The largest absolute Gasteiger partial charge is 0.402 e. The number of hydrogen-bond acceptors (Lipinski definition) is 1. The first-order valence-electron chi connectivity index (χ1n) is 8.11. The highest BCUT2D eigenvalue weighted by molar-refractivity contribution is 6.69. The molecule has 0 amide bonds. The average molecular weight is 291 g/mol. The van der Waals surface area contributed by atoms with Gasteiger partial charge >= 0.3 is 6.85 Å². The lowest BCUT2D eigenvalue weighted by molar-refractivity contribution is -0.658.